The molecule has 0 spiro atoms. The molecule has 1 atom stereocenters. The Morgan fingerprint density at radius 2 is 2.00 bits per heavy atom. The number of benzene rings is 1. The van der Waals surface area contributed by atoms with Gasteiger partial charge in [0.05, 0.1) is 32.1 Å². The van der Waals surface area contributed by atoms with Gasteiger partial charge in [0.2, 0.25) is 0 Å². The van der Waals surface area contributed by atoms with Crippen molar-refractivity contribution in [2.45, 2.75) is 32.2 Å². The highest BCUT2D eigenvalue weighted by Gasteiger charge is 2.33. The highest BCUT2D eigenvalue weighted by atomic mass is 32.2. The molecule has 140 valence electrons. The minimum Gasteiger partial charge on any atom is -0.345 e. The van der Waals surface area contributed by atoms with Crippen LogP contribution < -0.4 is 10.2 Å². The molecule has 1 aliphatic rings. The van der Waals surface area contributed by atoms with E-state index in [0.29, 0.717) is 11.5 Å². The summed E-state index contributed by atoms with van der Waals surface area (Å²) in [5, 5.41) is 3.92. The summed E-state index contributed by atoms with van der Waals surface area (Å²) >= 11 is 5.62. The van der Waals surface area contributed by atoms with E-state index in [-0.39, 0.29) is 17.5 Å². The maximum Gasteiger partial charge on any atom is 0.173 e. The molecule has 1 saturated heterocycles. The van der Waals surface area contributed by atoms with Crippen molar-refractivity contribution in [1.82, 2.24) is 4.90 Å². The van der Waals surface area contributed by atoms with E-state index in [4.69, 9.17) is 12.2 Å². The Morgan fingerprint density at radius 3 is 2.52 bits per heavy atom. The maximum atomic E-state index is 11.9. The van der Waals surface area contributed by atoms with Gasteiger partial charge < -0.3 is 15.1 Å². The quantitative estimate of drug-likeness (QED) is 0.686. The van der Waals surface area contributed by atoms with Crippen molar-refractivity contribution < 1.29 is 13.3 Å². The van der Waals surface area contributed by atoms with Crippen molar-refractivity contribution in [2.24, 2.45) is 0 Å². The topological polar surface area (TPSA) is 53.9 Å². The van der Waals surface area contributed by atoms with E-state index in [1.54, 1.807) is 0 Å². The van der Waals surface area contributed by atoms with Crippen molar-refractivity contribution in [2.75, 3.05) is 44.0 Å². The molecule has 1 aromatic carbocycles. The average Bonchev–Trinajstić information content (AvgIpc) is 2.91. The Morgan fingerprint density at radius 1 is 1.32 bits per heavy atom. The summed E-state index contributed by atoms with van der Waals surface area (Å²) in [6.45, 7) is 3.94. The highest BCUT2D eigenvalue weighted by Crippen LogP contribution is 2.20. The molecule has 25 heavy (non-hydrogen) atoms. The number of thiocarbonyl (C=S) groups is 1. The Bertz CT molecular complexity index is 672. The number of hydrogen-bond donors (Lipinski definition) is 2. The van der Waals surface area contributed by atoms with Gasteiger partial charge in [-0.1, -0.05) is 19.1 Å². The third kappa shape index (κ3) is 6.24. The van der Waals surface area contributed by atoms with E-state index in [0.717, 1.165) is 31.6 Å². The predicted octanol–water partition coefficient (Wildman–Crippen LogP) is 0.970. The van der Waals surface area contributed by atoms with E-state index in [1.165, 1.54) is 10.5 Å². The lowest BCUT2D eigenvalue weighted by atomic mass is 10.1. The van der Waals surface area contributed by atoms with Crippen LogP contribution in [0, 0.1) is 0 Å². The van der Waals surface area contributed by atoms with Gasteiger partial charge in [0.1, 0.15) is 0 Å². The number of nitrogens with zero attached hydrogens (tertiary/aromatic N) is 1. The Balaban J connectivity index is 2.05. The van der Waals surface area contributed by atoms with Crippen LogP contribution in [0.2, 0.25) is 0 Å². The molecule has 7 heteroatoms. The molecule has 1 fully saturated rings. The van der Waals surface area contributed by atoms with Gasteiger partial charge in [0, 0.05) is 24.7 Å². The smallest absolute Gasteiger partial charge is 0.173 e. The van der Waals surface area contributed by atoms with Gasteiger partial charge in [0.25, 0.3) is 0 Å². The molecule has 1 aromatic rings. The minimum atomic E-state index is -2.93. The van der Waals surface area contributed by atoms with Gasteiger partial charge in [-0.25, -0.2) is 8.42 Å². The molecular formula is C18H30N3O2S2+. The minimum absolute atomic E-state index is 0.0166. The second kappa shape index (κ2) is 8.96. The predicted molar refractivity (Wildman–Crippen MR) is 108 cm³/mol. The zero-order chi connectivity index (χ0) is 18.4. The number of sulfone groups is 1. The fourth-order valence-electron chi connectivity index (χ4n) is 3.09. The largest absolute Gasteiger partial charge is 0.345 e. The van der Waals surface area contributed by atoms with Crippen LogP contribution in [0.25, 0.3) is 0 Å². The van der Waals surface area contributed by atoms with Crippen LogP contribution >= 0.6 is 12.2 Å². The molecule has 5 nitrogen and oxygen atoms in total. The lowest BCUT2D eigenvalue weighted by Crippen LogP contribution is -3.05. The summed E-state index contributed by atoms with van der Waals surface area (Å²) in [6.07, 6.45) is 2.65. The number of anilines is 1. The molecule has 1 heterocycles. The third-order valence-electron chi connectivity index (χ3n) is 4.60. The highest BCUT2D eigenvalue weighted by molar-refractivity contribution is 7.91. The van der Waals surface area contributed by atoms with Crippen LogP contribution in [0.4, 0.5) is 5.69 Å². The molecular weight excluding hydrogens is 354 g/mol. The lowest BCUT2D eigenvalue weighted by molar-refractivity contribution is -0.858. The molecule has 0 amide bonds. The van der Waals surface area contributed by atoms with Crippen LogP contribution in [0.1, 0.15) is 25.3 Å². The van der Waals surface area contributed by atoms with E-state index >= 15 is 0 Å². The van der Waals surface area contributed by atoms with Crippen molar-refractivity contribution in [3.8, 4) is 0 Å². The summed E-state index contributed by atoms with van der Waals surface area (Å²) in [7, 11) is 1.31. The Hall–Kier alpha value is -1.18. The number of nitrogens with one attached hydrogen (secondary N) is 2. The molecule has 0 saturated carbocycles. The number of rotatable bonds is 7. The van der Waals surface area contributed by atoms with Crippen LogP contribution in [0.5, 0.6) is 0 Å². The fourth-order valence-corrected chi connectivity index (χ4v) is 5.18. The first kappa shape index (κ1) is 20.1. The number of hydrogen-bond acceptors (Lipinski definition) is 3. The van der Waals surface area contributed by atoms with Gasteiger partial charge >= 0.3 is 0 Å². The van der Waals surface area contributed by atoms with Crippen molar-refractivity contribution in [3.05, 3.63) is 29.8 Å². The summed E-state index contributed by atoms with van der Waals surface area (Å²) in [5.41, 5.74) is 2.23. The second-order valence-electron chi connectivity index (χ2n) is 7.04. The standard InChI is InChI=1S/C18H29N3O2S2/c1-4-15-6-8-16(9-7-15)19-18(24)21(12-5-11-20(2)3)17-10-13-25(22,23)14-17/h6-9,17H,4-5,10-14H2,1-3H3,(H,19,24)/p+1/t17-/m0/s1. The van der Waals surface area contributed by atoms with E-state index in [1.807, 2.05) is 12.1 Å². The fraction of sp³-hybridized carbons (Fsp3) is 0.611. The monoisotopic (exact) mass is 384 g/mol. The molecule has 0 aromatic heterocycles. The van der Waals surface area contributed by atoms with Crippen molar-refractivity contribution >= 4 is 32.9 Å². The zero-order valence-electron chi connectivity index (χ0n) is 15.4. The molecule has 2 N–H and O–H groups in total. The van der Waals surface area contributed by atoms with E-state index in [2.05, 4.69) is 43.4 Å². The summed E-state index contributed by atoms with van der Waals surface area (Å²) in [5.74, 6) is 0.472. The molecule has 1 aliphatic heterocycles. The molecule has 0 radical (unpaired) electrons. The summed E-state index contributed by atoms with van der Waals surface area (Å²) < 4.78 is 23.8. The van der Waals surface area contributed by atoms with Crippen LogP contribution in [0.3, 0.4) is 0 Å². The van der Waals surface area contributed by atoms with Crippen molar-refractivity contribution in [3.63, 3.8) is 0 Å². The van der Waals surface area contributed by atoms with E-state index < -0.39 is 9.84 Å². The SMILES string of the molecule is CCc1ccc(NC(=S)N(CCC[NH+](C)C)[C@H]2CCS(=O)(=O)C2)cc1. The van der Waals surface area contributed by atoms with Crippen LogP contribution in [-0.2, 0) is 16.3 Å². The zero-order valence-corrected chi connectivity index (χ0v) is 17.0. The molecule has 0 unspecified atom stereocenters. The molecule has 0 aliphatic carbocycles. The van der Waals surface area contributed by atoms with E-state index in [9.17, 15) is 8.42 Å². The second-order valence-corrected chi connectivity index (χ2v) is 9.66. The first-order valence-corrected chi connectivity index (χ1v) is 11.2. The van der Waals surface area contributed by atoms with Crippen LogP contribution in [0.15, 0.2) is 24.3 Å². The normalized spacial score (nSPS) is 19.1. The first-order chi connectivity index (χ1) is 11.8. The summed E-state index contributed by atoms with van der Waals surface area (Å²) in [6, 6.07) is 8.21. The number of aryl methyl sites for hydroxylation is 1. The van der Waals surface area contributed by atoms with Gasteiger partial charge in [-0.2, -0.15) is 0 Å². The van der Waals surface area contributed by atoms with Gasteiger partial charge in [0.15, 0.2) is 14.9 Å². The summed E-state index contributed by atoms with van der Waals surface area (Å²) in [4.78, 5) is 3.46. The first-order valence-electron chi connectivity index (χ1n) is 8.96. The maximum absolute atomic E-state index is 11.9. The van der Waals surface area contributed by atoms with Crippen LogP contribution in [-0.4, -0.2) is 63.2 Å². The Labute approximate surface area is 157 Å². The van der Waals surface area contributed by atoms with Gasteiger partial charge in [-0.05, 0) is 42.8 Å². The average molecular weight is 385 g/mol. The molecule has 0 bridgehead atoms. The molecule has 2 rings (SSSR count). The van der Waals surface area contributed by atoms with Gasteiger partial charge in [-0.3, -0.25) is 0 Å². The van der Waals surface area contributed by atoms with Gasteiger partial charge in [-0.15, -0.1) is 0 Å². The lowest BCUT2D eigenvalue weighted by Gasteiger charge is -2.31. The number of quaternary nitrogens is 1. The Kier molecular flexibility index (Phi) is 7.22. The van der Waals surface area contributed by atoms with Crippen molar-refractivity contribution in [1.29, 1.82) is 0 Å². The third-order valence-corrected chi connectivity index (χ3v) is 6.69.